The molecule has 0 aliphatic rings. The average molecular weight is 352 g/mol. The van der Waals surface area contributed by atoms with Gasteiger partial charge >= 0.3 is 5.97 Å². The molecule has 1 rings (SSSR count). The number of aliphatic carboxylic acids is 1. The van der Waals surface area contributed by atoms with Gasteiger partial charge in [-0.25, -0.2) is 4.79 Å². The highest BCUT2D eigenvalue weighted by molar-refractivity contribution is 9.13. The largest absolute Gasteiger partial charge is 0.479 e. The fraction of sp³-hybridized carbons (Fsp3) is 0.364. The van der Waals surface area contributed by atoms with Crippen molar-refractivity contribution in [2.75, 3.05) is 0 Å². The number of benzene rings is 1. The van der Waals surface area contributed by atoms with Crippen LogP contribution < -0.4 is 0 Å². The van der Waals surface area contributed by atoms with E-state index in [4.69, 9.17) is 5.11 Å². The van der Waals surface area contributed by atoms with Gasteiger partial charge in [-0.15, -0.1) is 0 Å². The van der Waals surface area contributed by atoms with E-state index in [-0.39, 0.29) is 12.8 Å². The number of aliphatic hydroxyl groups is 1. The van der Waals surface area contributed by atoms with Crippen molar-refractivity contribution in [3.8, 4) is 0 Å². The van der Waals surface area contributed by atoms with Gasteiger partial charge in [0.05, 0.1) is 0 Å². The standard InChI is InChI=1S/C11H12Br2O3/c1-2-11(16,10(14)15)6-7-3-4-8(12)9(13)5-7/h3-5,16H,2,6H2,1H3,(H,14,15). The molecule has 1 atom stereocenters. The van der Waals surface area contributed by atoms with Crippen molar-refractivity contribution >= 4 is 37.8 Å². The highest BCUT2D eigenvalue weighted by atomic mass is 79.9. The van der Waals surface area contributed by atoms with Crippen LogP contribution in [-0.2, 0) is 11.2 Å². The highest BCUT2D eigenvalue weighted by Crippen LogP contribution is 2.26. The Bertz CT molecular complexity index is 406. The topological polar surface area (TPSA) is 57.5 Å². The van der Waals surface area contributed by atoms with Crippen molar-refractivity contribution in [1.29, 1.82) is 0 Å². The number of hydrogen-bond acceptors (Lipinski definition) is 2. The molecule has 0 aliphatic heterocycles. The van der Waals surface area contributed by atoms with Gasteiger partial charge in [0, 0.05) is 15.4 Å². The molecule has 0 fully saturated rings. The molecular formula is C11H12Br2O3. The summed E-state index contributed by atoms with van der Waals surface area (Å²) in [6, 6.07) is 5.41. The number of carboxylic acids is 1. The lowest BCUT2D eigenvalue weighted by molar-refractivity contribution is -0.158. The molecule has 0 saturated heterocycles. The van der Waals surface area contributed by atoms with Gasteiger partial charge in [0.2, 0.25) is 0 Å². The molecule has 3 nitrogen and oxygen atoms in total. The quantitative estimate of drug-likeness (QED) is 0.876. The Kier molecular flexibility index (Phi) is 4.52. The Morgan fingerprint density at radius 3 is 2.44 bits per heavy atom. The second-order valence-electron chi connectivity index (χ2n) is 3.62. The summed E-state index contributed by atoms with van der Waals surface area (Å²) >= 11 is 6.67. The minimum absolute atomic E-state index is 0.102. The molecule has 0 bridgehead atoms. The Hall–Kier alpha value is -0.390. The zero-order valence-corrected chi connectivity index (χ0v) is 11.9. The van der Waals surface area contributed by atoms with E-state index in [9.17, 15) is 9.90 Å². The van der Waals surface area contributed by atoms with Crippen LogP contribution in [0.25, 0.3) is 0 Å². The molecule has 0 aliphatic carbocycles. The van der Waals surface area contributed by atoms with E-state index in [0.29, 0.717) is 0 Å². The fourth-order valence-corrected chi connectivity index (χ4v) is 2.01. The van der Waals surface area contributed by atoms with Gasteiger partial charge in [0.25, 0.3) is 0 Å². The van der Waals surface area contributed by atoms with Crippen LogP contribution in [0, 0.1) is 0 Å². The predicted molar refractivity (Wildman–Crippen MR) is 68.4 cm³/mol. The van der Waals surface area contributed by atoms with Crippen molar-refractivity contribution in [1.82, 2.24) is 0 Å². The molecule has 1 aromatic carbocycles. The van der Waals surface area contributed by atoms with Crippen molar-refractivity contribution in [2.45, 2.75) is 25.4 Å². The molecule has 2 N–H and O–H groups in total. The first-order chi connectivity index (χ1) is 7.39. The van der Waals surface area contributed by atoms with E-state index in [0.717, 1.165) is 14.5 Å². The first-order valence-electron chi connectivity index (χ1n) is 4.79. The van der Waals surface area contributed by atoms with Crippen molar-refractivity contribution in [3.63, 3.8) is 0 Å². The summed E-state index contributed by atoms with van der Waals surface area (Å²) in [6.07, 6.45) is 0.279. The van der Waals surface area contributed by atoms with Crippen molar-refractivity contribution in [2.24, 2.45) is 0 Å². The van der Waals surface area contributed by atoms with Crippen molar-refractivity contribution in [3.05, 3.63) is 32.7 Å². The van der Waals surface area contributed by atoms with Gasteiger partial charge in [-0.2, -0.15) is 0 Å². The Morgan fingerprint density at radius 2 is 2.00 bits per heavy atom. The molecular weight excluding hydrogens is 340 g/mol. The molecule has 1 aromatic rings. The summed E-state index contributed by atoms with van der Waals surface area (Å²) in [6.45, 7) is 1.65. The zero-order valence-electron chi connectivity index (χ0n) is 8.70. The SMILES string of the molecule is CCC(O)(Cc1ccc(Br)c(Br)c1)C(=O)O. The normalized spacial score (nSPS) is 14.5. The number of carboxylic acid groups (broad SMARTS) is 1. The van der Waals surface area contributed by atoms with Crippen LogP contribution in [0.1, 0.15) is 18.9 Å². The second kappa shape index (κ2) is 5.29. The maximum atomic E-state index is 10.9. The van der Waals surface area contributed by atoms with Gasteiger partial charge in [-0.05, 0) is 56.0 Å². The van der Waals surface area contributed by atoms with Crippen LogP contribution in [-0.4, -0.2) is 21.8 Å². The van der Waals surface area contributed by atoms with E-state index >= 15 is 0 Å². The minimum Gasteiger partial charge on any atom is -0.479 e. The van der Waals surface area contributed by atoms with Crippen molar-refractivity contribution < 1.29 is 15.0 Å². The summed E-state index contributed by atoms with van der Waals surface area (Å²) in [5.74, 6) is -1.19. The number of hydrogen-bond donors (Lipinski definition) is 2. The van der Waals surface area contributed by atoms with Gasteiger partial charge in [-0.3, -0.25) is 0 Å². The molecule has 88 valence electrons. The summed E-state index contributed by atoms with van der Waals surface area (Å²) in [5.41, 5.74) is -0.908. The van der Waals surface area contributed by atoms with E-state index in [2.05, 4.69) is 31.9 Å². The Balaban J connectivity index is 2.95. The lowest BCUT2D eigenvalue weighted by atomic mass is 9.92. The third-order valence-corrected chi connectivity index (χ3v) is 4.34. The van der Waals surface area contributed by atoms with Crippen LogP contribution in [0.4, 0.5) is 0 Å². The summed E-state index contributed by atoms with van der Waals surface area (Å²) in [5, 5.41) is 18.8. The summed E-state index contributed by atoms with van der Waals surface area (Å²) < 4.78 is 1.74. The molecule has 0 heterocycles. The molecule has 0 aromatic heterocycles. The van der Waals surface area contributed by atoms with Crippen LogP contribution in [0.5, 0.6) is 0 Å². The van der Waals surface area contributed by atoms with E-state index in [1.165, 1.54) is 0 Å². The van der Waals surface area contributed by atoms with Gasteiger partial charge < -0.3 is 10.2 Å². The maximum Gasteiger partial charge on any atom is 0.336 e. The summed E-state index contributed by atoms with van der Waals surface area (Å²) in [7, 11) is 0. The molecule has 5 heteroatoms. The van der Waals surface area contributed by atoms with E-state index in [1.807, 2.05) is 6.07 Å². The van der Waals surface area contributed by atoms with E-state index in [1.54, 1.807) is 19.1 Å². The van der Waals surface area contributed by atoms with Gasteiger partial charge in [-0.1, -0.05) is 13.0 Å². The fourth-order valence-electron chi connectivity index (χ4n) is 1.34. The lowest BCUT2D eigenvalue weighted by Gasteiger charge is -2.21. The number of carbonyl (C=O) groups is 1. The monoisotopic (exact) mass is 350 g/mol. The molecule has 16 heavy (non-hydrogen) atoms. The molecule has 0 spiro atoms. The third-order valence-electron chi connectivity index (χ3n) is 2.46. The lowest BCUT2D eigenvalue weighted by Crippen LogP contribution is -2.40. The smallest absolute Gasteiger partial charge is 0.336 e. The molecule has 1 unspecified atom stereocenters. The molecule has 0 saturated carbocycles. The number of halogens is 2. The van der Waals surface area contributed by atoms with Crippen LogP contribution in [0.15, 0.2) is 27.1 Å². The average Bonchev–Trinajstić information content (AvgIpc) is 2.23. The van der Waals surface area contributed by atoms with E-state index < -0.39 is 11.6 Å². The second-order valence-corrected chi connectivity index (χ2v) is 5.32. The predicted octanol–water partition coefficient (Wildman–Crippen LogP) is 2.98. The molecule has 0 radical (unpaired) electrons. The van der Waals surface area contributed by atoms with Crippen LogP contribution in [0.3, 0.4) is 0 Å². The Morgan fingerprint density at radius 1 is 1.38 bits per heavy atom. The zero-order chi connectivity index (χ0) is 12.3. The molecule has 0 amide bonds. The third kappa shape index (κ3) is 3.06. The maximum absolute atomic E-state index is 10.9. The first-order valence-corrected chi connectivity index (χ1v) is 6.37. The minimum atomic E-state index is -1.69. The van der Waals surface area contributed by atoms with Gasteiger partial charge in [0.15, 0.2) is 5.60 Å². The Labute approximate surface area is 111 Å². The van der Waals surface area contributed by atoms with Crippen LogP contribution in [0.2, 0.25) is 0 Å². The highest BCUT2D eigenvalue weighted by Gasteiger charge is 2.33. The van der Waals surface area contributed by atoms with Gasteiger partial charge in [0.1, 0.15) is 0 Å². The summed E-state index contributed by atoms with van der Waals surface area (Å²) in [4.78, 5) is 10.9. The van der Waals surface area contributed by atoms with Crippen LogP contribution >= 0.6 is 31.9 Å². The number of rotatable bonds is 4. The first kappa shape index (κ1) is 13.7.